The predicted molar refractivity (Wildman–Crippen MR) is 104 cm³/mol. The molecule has 0 saturated heterocycles. The first-order valence-electron chi connectivity index (χ1n) is 8.05. The van der Waals surface area contributed by atoms with Crippen LogP contribution in [0.2, 0.25) is 0 Å². The zero-order valence-corrected chi connectivity index (χ0v) is 17.0. The number of hydrogen-bond acceptors (Lipinski definition) is 6. The first-order chi connectivity index (χ1) is 12.1. The number of ether oxygens (including phenoxy) is 1. The summed E-state index contributed by atoms with van der Waals surface area (Å²) in [4.78, 5) is 4.33. The minimum absolute atomic E-state index is 0.0296. The van der Waals surface area contributed by atoms with Crippen LogP contribution in [-0.2, 0) is 20.0 Å². The van der Waals surface area contributed by atoms with Crippen molar-refractivity contribution in [2.75, 3.05) is 42.5 Å². The van der Waals surface area contributed by atoms with E-state index in [9.17, 15) is 16.8 Å². The van der Waals surface area contributed by atoms with Crippen LogP contribution in [0.3, 0.4) is 0 Å². The maximum atomic E-state index is 11.7. The molecule has 0 saturated carbocycles. The van der Waals surface area contributed by atoms with Crippen LogP contribution in [0.25, 0.3) is 0 Å². The minimum atomic E-state index is -3.96. The van der Waals surface area contributed by atoms with Crippen LogP contribution < -0.4 is 19.1 Å². The van der Waals surface area contributed by atoms with Crippen molar-refractivity contribution in [3.05, 3.63) is 24.3 Å². The largest absolute Gasteiger partial charge is 0.492 e. The van der Waals surface area contributed by atoms with Crippen LogP contribution >= 0.6 is 0 Å². The number of aliphatic imine (C=N–C) groups is 1. The Morgan fingerprint density at radius 3 is 1.92 bits per heavy atom. The average Bonchev–Trinajstić information content (AvgIpc) is 2.50. The lowest BCUT2D eigenvalue weighted by Crippen LogP contribution is -2.37. The van der Waals surface area contributed by atoms with Gasteiger partial charge in [-0.2, -0.15) is 3.71 Å². The zero-order valence-electron chi connectivity index (χ0n) is 15.4. The van der Waals surface area contributed by atoms with Crippen molar-refractivity contribution < 1.29 is 21.6 Å². The lowest BCUT2D eigenvalue weighted by Gasteiger charge is -2.19. The van der Waals surface area contributed by atoms with E-state index in [1.165, 1.54) is 24.3 Å². The molecule has 0 aliphatic carbocycles. The summed E-state index contributed by atoms with van der Waals surface area (Å²) in [7, 11) is -7.91. The van der Waals surface area contributed by atoms with Crippen molar-refractivity contribution in [2.24, 2.45) is 4.99 Å². The molecule has 1 aromatic rings. The van der Waals surface area contributed by atoms with Crippen LogP contribution in [0.15, 0.2) is 29.3 Å². The van der Waals surface area contributed by atoms with Gasteiger partial charge in [0.25, 0.3) is 0 Å². The molecule has 0 fully saturated rings. The second kappa shape index (κ2) is 9.62. The van der Waals surface area contributed by atoms with Crippen LogP contribution in [0, 0.1) is 0 Å². The molecule has 0 spiro atoms. The number of rotatable bonds is 9. The Kier molecular flexibility index (Phi) is 8.15. The number of anilines is 1. The molecule has 148 valence electrons. The molecule has 0 aliphatic heterocycles. The Morgan fingerprint density at radius 1 is 1.00 bits per heavy atom. The molecule has 1 rings (SSSR count). The Labute approximate surface area is 155 Å². The smallest absolute Gasteiger partial charge is 0.245 e. The van der Waals surface area contributed by atoms with Crippen LogP contribution in [-0.4, -0.2) is 61.5 Å². The van der Waals surface area contributed by atoms with Gasteiger partial charge in [-0.1, -0.05) is 0 Å². The molecule has 0 unspecified atom stereocenters. The molecule has 0 aliphatic rings. The van der Waals surface area contributed by atoms with E-state index in [4.69, 9.17) is 4.74 Å². The number of benzene rings is 1. The third kappa shape index (κ3) is 7.08. The Balaban J connectivity index is 2.75. The topological polar surface area (TPSA) is 117 Å². The standard InChI is InChI=1S/C15H26N4O5S2/c1-5-16-15(17-6-2)18-11-12-24-14-9-7-13(8-10-14)19(25(3,20)21)26(4,22)23/h7-10H,5-6,11-12H2,1-4H3,(H2,16,17,18). The van der Waals surface area contributed by atoms with Gasteiger partial charge < -0.3 is 15.4 Å². The number of hydrogen-bond donors (Lipinski definition) is 2. The lowest BCUT2D eigenvalue weighted by atomic mass is 10.3. The summed E-state index contributed by atoms with van der Waals surface area (Å²) in [6.07, 6.45) is 1.67. The van der Waals surface area contributed by atoms with E-state index < -0.39 is 20.0 Å². The average molecular weight is 407 g/mol. The van der Waals surface area contributed by atoms with E-state index in [1.807, 2.05) is 13.8 Å². The molecule has 2 N–H and O–H groups in total. The second-order valence-electron chi connectivity index (χ2n) is 5.36. The first-order valence-corrected chi connectivity index (χ1v) is 11.7. The molecular formula is C15H26N4O5S2. The normalized spacial score (nSPS) is 11.5. The zero-order chi connectivity index (χ0) is 19.8. The summed E-state index contributed by atoms with van der Waals surface area (Å²) in [5.41, 5.74) is 0.0296. The number of nitrogens with one attached hydrogen (secondary N) is 2. The van der Waals surface area contributed by atoms with Crippen molar-refractivity contribution in [1.82, 2.24) is 10.6 Å². The molecule has 0 aromatic heterocycles. The maximum absolute atomic E-state index is 11.7. The van der Waals surface area contributed by atoms with E-state index in [-0.39, 0.29) is 5.69 Å². The Hall–Kier alpha value is -2.01. The summed E-state index contributed by atoms with van der Waals surface area (Å²) in [5.74, 6) is 1.19. The van der Waals surface area contributed by atoms with Gasteiger partial charge in [-0.3, -0.25) is 0 Å². The molecule has 11 heteroatoms. The highest BCUT2D eigenvalue weighted by Crippen LogP contribution is 2.23. The van der Waals surface area contributed by atoms with Gasteiger partial charge in [0.2, 0.25) is 20.0 Å². The third-order valence-corrected chi connectivity index (χ3v) is 6.22. The van der Waals surface area contributed by atoms with Crippen LogP contribution in [0.4, 0.5) is 5.69 Å². The van der Waals surface area contributed by atoms with Gasteiger partial charge in [-0.15, -0.1) is 0 Å². The van der Waals surface area contributed by atoms with Gasteiger partial charge in [0.15, 0.2) is 5.96 Å². The highest BCUT2D eigenvalue weighted by Gasteiger charge is 2.27. The number of sulfonamides is 2. The summed E-state index contributed by atoms with van der Waals surface area (Å²) in [5, 5.41) is 6.19. The molecule has 0 heterocycles. The van der Waals surface area contributed by atoms with Crippen molar-refractivity contribution in [3.8, 4) is 5.75 Å². The van der Waals surface area contributed by atoms with E-state index in [0.29, 0.717) is 28.6 Å². The first kappa shape index (κ1) is 22.0. The van der Waals surface area contributed by atoms with E-state index in [2.05, 4.69) is 15.6 Å². The summed E-state index contributed by atoms with van der Waals surface area (Å²) in [6, 6.07) is 5.78. The Morgan fingerprint density at radius 2 is 1.50 bits per heavy atom. The molecule has 0 radical (unpaired) electrons. The van der Waals surface area contributed by atoms with Gasteiger partial charge in [-0.05, 0) is 38.1 Å². The molecule has 26 heavy (non-hydrogen) atoms. The van der Waals surface area contributed by atoms with Gasteiger partial charge in [0.05, 0.1) is 24.7 Å². The quantitative estimate of drug-likeness (QED) is 0.345. The van der Waals surface area contributed by atoms with Crippen molar-refractivity contribution in [2.45, 2.75) is 13.8 Å². The third-order valence-electron chi connectivity index (χ3n) is 2.97. The maximum Gasteiger partial charge on any atom is 0.245 e. The summed E-state index contributed by atoms with van der Waals surface area (Å²) >= 11 is 0. The summed E-state index contributed by atoms with van der Waals surface area (Å²) < 4.78 is 52.9. The van der Waals surface area contributed by atoms with E-state index >= 15 is 0 Å². The lowest BCUT2D eigenvalue weighted by molar-refractivity contribution is 0.328. The monoisotopic (exact) mass is 406 g/mol. The number of guanidine groups is 1. The molecule has 0 bridgehead atoms. The molecule has 1 aromatic carbocycles. The van der Waals surface area contributed by atoms with Crippen molar-refractivity contribution >= 4 is 31.7 Å². The van der Waals surface area contributed by atoms with Crippen LogP contribution in [0.1, 0.15) is 13.8 Å². The fourth-order valence-corrected chi connectivity index (χ4v) is 5.10. The highest BCUT2D eigenvalue weighted by molar-refractivity contribution is 8.09. The van der Waals surface area contributed by atoms with Gasteiger partial charge in [-0.25, -0.2) is 21.8 Å². The molecular weight excluding hydrogens is 380 g/mol. The fourth-order valence-electron chi connectivity index (χ4n) is 2.12. The molecule has 0 amide bonds. The second-order valence-corrected chi connectivity index (χ2v) is 9.25. The molecule has 9 nitrogen and oxygen atoms in total. The van der Waals surface area contributed by atoms with Crippen LogP contribution in [0.5, 0.6) is 5.75 Å². The highest BCUT2D eigenvalue weighted by atomic mass is 32.3. The fraction of sp³-hybridized carbons (Fsp3) is 0.533. The van der Waals surface area contributed by atoms with Crippen molar-refractivity contribution in [1.29, 1.82) is 0 Å². The van der Waals surface area contributed by atoms with Gasteiger partial charge in [0.1, 0.15) is 12.4 Å². The minimum Gasteiger partial charge on any atom is -0.492 e. The SMILES string of the molecule is CCNC(=NCCOc1ccc(N(S(C)(=O)=O)S(C)(=O)=O)cc1)NCC. The number of nitrogens with zero attached hydrogens (tertiary/aromatic N) is 2. The Bertz CT molecular complexity index is 765. The van der Waals surface area contributed by atoms with E-state index in [1.54, 1.807) is 0 Å². The molecule has 0 atom stereocenters. The van der Waals surface area contributed by atoms with Gasteiger partial charge in [0, 0.05) is 13.1 Å². The van der Waals surface area contributed by atoms with E-state index in [0.717, 1.165) is 25.6 Å². The predicted octanol–water partition coefficient (Wildman–Crippen LogP) is 0.366. The van der Waals surface area contributed by atoms with Gasteiger partial charge >= 0.3 is 0 Å². The van der Waals surface area contributed by atoms with Crippen molar-refractivity contribution in [3.63, 3.8) is 0 Å². The summed E-state index contributed by atoms with van der Waals surface area (Å²) in [6.45, 7) is 6.20.